The van der Waals surface area contributed by atoms with Crippen molar-refractivity contribution in [1.29, 1.82) is 5.26 Å². The van der Waals surface area contributed by atoms with Gasteiger partial charge in [0.15, 0.2) is 0 Å². The maximum Gasteiger partial charge on any atom is 0.136 e. The minimum Gasteiger partial charge on any atom is -0.299 e. The van der Waals surface area contributed by atoms with Crippen molar-refractivity contribution >= 4 is 5.78 Å². The summed E-state index contributed by atoms with van der Waals surface area (Å²) < 4.78 is 0. The molecule has 0 aliphatic rings. The van der Waals surface area contributed by atoms with E-state index in [0.29, 0.717) is 12.8 Å². The number of ketones is 1. The topological polar surface area (TPSA) is 40.9 Å². The van der Waals surface area contributed by atoms with Gasteiger partial charge in [-0.15, -0.1) is 0 Å². The molecule has 0 amide bonds. The van der Waals surface area contributed by atoms with Gasteiger partial charge in [0.2, 0.25) is 0 Å². The highest BCUT2D eigenvalue weighted by atomic mass is 16.1. The van der Waals surface area contributed by atoms with Crippen LogP contribution in [0.4, 0.5) is 0 Å². The number of carbonyl (C=O) groups excluding carboxylic acids is 1. The predicted molar refractivity (Wildman–Crippen MR) is 43.9 cm³/mol. The Kier molecular flexibility index (Phi) is 5.46. The van der Waals surface area contributed by atoms with E-state index < -0.39 is 0 Å². The van der Waals surface area contributed by atoms with Gasteiger partial charge in [-0.1, -0.05) is 13.8 Å². The second-order valence-corrected chi connectivity index (χ2v) is 2.68. The average Bonchev–Trinajstić information content (AvgIpc) is 2.00. The molecule has 0 aromatic rings. The molecule has 0 radical (unpaired) electrons. The summed E-state index contributed by atoms with van der Waals surface area (Å²) in [6.07, 6.45) is 2.70. The third kappa shape index (κ3) is 3.77. The smallest absolute Gasteiger partial charge is 0.136 e. The molecule has 0 aliphatic carbocycles. The Hall–Kier alpha value is -0.840. The van der Waals surface area contributed by atoms with Crippen LogP contribution in [0, 0.1) is 17.2 Å². The quantitative estimate of drug-likeness (QED) is 0.608. The van der Waals surface area contributed by atoms with Crippen LogP contribution in [0.2, 0.25) is 0 Å². The van der Waals surface area contributed by atoms with E-state index >= 15 is 0 Å². The number of carbonyl (C=O) groups is 1. The summed E-state index contributed by atoms with van der Waals surface area (Å²) in [7, 11) is 0. The summed E-state index contributed by atoms with van der Waals surface area (Å²) in [5.41, 5.74) is 0. The maximum atomic E-state index is 11.2. The van der Waals surface area contributed by atoms with Crippen LogP contribution in [0.5, 0.6) is 0 Å². The fraction of sp³-hybridized carbons (Fsp3) is 0.778. The number of nitrogens with zero attached hydrogens (tertiary/aromatic N) is 1. The zero-order valence-corrected chi connectivity index (χ0v) is 7.26. The van der Waals surface area contributed by atoms with Gasteiger partial charge in [0.1, 0.15) is 5.78 Å². The highest BCUT2D eigenvalue weighted by molar-refractivity contribution is 5.81. The Bertz CT molecular complexity index is 157. The van der Waals surface area contributed by atoms with Crippen LogP contribution in [-0.4, -0.2) is 5.78 Å². The van der Waals surface area contributed by atoms with Crippen LogP contribution >= 0.6 is 0 Å². The first-order valence-corrected chi connectivity index (χ1v) is 4.15. The number of rotatable bonds is 5. The van der Waals surface area contributed by atoms with Gasteiger partial charge in [-0.05, 0) is 12.8 Å². The van der Waals surface area contributed by atoms with Gasteiger partial charge in [-0.2, -0.15) is 5.26 Å². The van der Waals surface area contributed by atoms with E-state index in [1.807, 2.05) is 19.9 Å². The van der Waals surface area contributed by atoms with Crippen molar-refractivity contribution in [2.75, 3.05) is 0 Å². The lowest BCUT2D eigenvalue weighted by Gasteiger charge is -2.07. The fourth-order valence-corrected chi connectivity index (χ4v) is 1.05. The third-order valence-corrected chi connectivity index (χ3v) is 1.78. The van der Waals surface area contributed by atoms with Crippen LogP contribution in [0.3, 0.4) is 0 Å². The molecule has 2 nitrogen and oxygen atoms in total. The summed E-state index contributed by atoms with van der Waals surface area (Å²) in [6, 6.07) is 2.04. The van der Waals surface area contributed by atoms with Crippen molar-refractivity contribution in [2.45, 2.75) is 39.5 Å². The summed E-state index contributed by atoms with van der Waals surface area (Å²) in [5.74, 6) is 0.233. The van der Waals surface area contributed by atoms with E-state index in [2.05, 4.69) is 0 Å². The number of Topliss-reactive ketones (excluding diaryl/α,β-unsaturated/α-hetero) is 1. The van der Waals surface area contributed by atoms with E-state index in [1.54, 1.807) is 0 Å². The molecule has 0 N–H and O–H groups in total. The first-order valence-electron chi connectivity index (χ1n) is 4.15. The van der Waals surface area contributed by atoms with Crippen LogP contribution in [0.15, 0.2) is 0 Å². The van der Waals surface area contributed by atoms with Crippen LogP contribution in [0.1, 0.15) is 39.5 Å². The second kappa shape index (κ2) is 5.91. The molecular formula is C9H15NO. The number of nitriles is 1. The summed E-state index contributed by atoms with van der Waals surface area (Å²) in [5, 5.41) is 8.38. The van der Waals surface area contributed by atoms with Gasteiger partial charge in [0.05, 0.1) is 6.07 Å². The van der Waals surface area contributed by atoms with Crippen LogP contribution in [0.25, 0.3) is 0 Å². The van der Waals surface area contributed by atoms with Gasteiger partial charge in [-0.25, -0.2) is 0 Å². The minimum absolute atomic E-state index is 0.0139. The van der Waals surface area contributed by atoms with Gasteiger partial charge in [-0.3, -0.25) is 4.79 Å². The first-order chi connectivity index (χ1) is 5.26. The highest BCUT2D eigenvalue weighted by Crippen LogP contribution is 2.11. The van der Waals surface area contributed by atoms with Crippen molar-refractivity contribution in [3.63, 3.8) is 0 Å². The molecule has 11 heavy (non-hydrogen) atoms. The van der Waals surface area contributed by atoms with E-state index in [4.69, 9.17) is 5.26 Å². The molecule has 62 valence electrons. The monoisotopic (exact) mass is 153 g/mol. The average molecular weight is 153 g/mol. The molecule has 0 saturated carbocycles. The highest BCUT2D eigenvalue weighted by Gasteiger charge is 2.13. The Morgan fingerprint density at radius 1 is 1.55 bits per heavy atom. The van der Waals surface area contributed by atoms with Crippen molar-refractivity contribution in [1.82, 2.24) is 0 Å². The largest absolute Gasteiger partial charge is 0.299 e. The Morgan fingerprint density at radius 3 is 2.55 bits per heavy atom. The summed E-state index contributed by atoms with van der Waals surface area (Å²) in [4.78, 5) is 11.2. The zero-order chi connectivity index (χ0) is 8.69. The molecular weight excluding hydrogens is 138 g/mol. The number of hydrogen-bond acceptors (Lipinski definition) is 2. The molecule has 0 heterocycles. The van der Waals surface area contributed by atoms with E-state index in [9.17, 15) is 4.79 Å². The van der Waals surface area contributed by atoms with Gasteiger partial charge in [0.25, 0.3) is 0 Å². The molecule has 0 spiro atoms. The Labute approximate surface area is 68.2 Å². The lowest BCUT2D eigenvalue weighted by atomic mass is 9.95. The number of hydrogen-bond donors (Lipinski definition) is 0. The van der Waals surface area contributed by atoms with Gasteiger partial charge in [0, 0.05) is 18.8 Å². The van der Waals surface area contributed by atoms with Crippen LogP contribution in [-0.2, 0) is 4.79 Å². The molecule has 2 heteroatoms. The SMILES string of the molecule is CCCC(=O)C(CC)CC#N. The molecule has 0 rings (SSSR count). The molecule has 0 aromatic heterocycles. The molecule has 0 fully saturated rings. The van der Waals surface area contributed by atoms with E-state index in [0.717, 1.165) is 12.8 Å². The standard InChI is InChI=1S/C9H15NO/c1-3-5-9(11)8(4-2)6-7-10/h8H,3-6H2,1-2H3. The normalized spacial score (nSPS) is 12.1. The second-order valence-electron chi connectivity index (χ2n) is 2.68. The first kappa shape index (κ1) is 10.2. The lowest BCUT2D eigenvalue weighted by molar-refractivity contribution is -0.122. The molecule has 0 saturated heterocycles. The predicted octanol–water partition coefficient (Wildman–Crippen LogP) is 2.30. The third-order valence-electron chi connectivity index (χ3n) is 1.78. The summed E-state index contributed by atoms with van der Waals surface area (Å²) in [6.45, 7) is 3.94. The van der Waals surface area contributed by atoms with Crippen LogP contribution < -0.4 is 0 Å². The molecule has 0 aliphatic heterocycles. The van der Waals surface area contributed by atoms with E-state index in [-0.39, 0.29) is 11.7 Å². The van der Waals surface area contributed by atoms with Crippen molar-refractivity contribution < 1.29 is 4.79 Å². The zero-order valence-electron chi connectivity index (χ0n) is 7.26. The molecule has 1 unspecified atom stereocenters. The molecule has 1 atom stereocenters. The van der Waals surface area contributed by atoms with Crippen molar-refractivity contribution in [2.24, 2.45) is 5.92 Å². The lowest BCUT2D eigenvalue weighted by Crippen LogP contribution is -2.12. The van der Waals surface area contributed by atoms with Gasteiger partial charge < -0.3 is 0 Å². The fourth-order valence-electron chi connectivity index (χ4n) is 1.05. The summed E-state index contributed by atoms with van der Waals surface area (Å²) >= 11 is 0. The van der Waals surface area contributed by atoms with E-state index in [1.165, 1.54) is 0 Å². The Morgan fingerprint density at radius 2 is 2.18 bits per heavy atom. The maximum absolute atomic E-state index is 11.2. The Balaban J connectivity index is 3.83. The van der Waals surface area contributed by atoms with Gasteiger partial charge >= 0.3 is 0 Å². The minimum atomic E-state index is -0.0139. The van der Waals surface area contributed by atoms with Crippen molar-refractivity contribution in [3.8, 4) is 6.07 Å². The molecule has 0 bridgehead atoms. The van der Waals surface area contributed by atoms with Crippen molar-refractivity contribution in [3.05, 3.63) is 0 Å². The molecule has 0 aromatic carbocycles.